The van der Waals surface area contributed by atoms with E-state index in [0.29, 0.717) is 12.1 Å². The molecule has 0 aliphatic heterocycles. The molecule has 0 aliphatic carbocycles. The van der Waals surface area contributed by atoms with Gasteiger partial charge in [-0.05, 0) is 0 Å². The first-order valence-electron chi connectivity index (χ1n) is 5.37. The summed E-state index contributed by atoms with van der Waals surface area (Å²) in [5.74, 6) is -3.62. The minimum atomic E-state index is -1.64. The number of nitrogens with two attached hydrogens (primary N) is 1. The fraction of sp³-hybridized carbons (Fsp3) is 0. The van der Waals surface area contributed by atoms with Gasteiger partial charge in [0.2, 0.25) is 0 Å². The number of aromatic nitrogens is 2. The molecule has 0 fully saturated rings. The first-order valence-corrected chi connectivity index (χ1v) is 5.37. The Balaban J connectivity index is 2.66. The Morgan fingerprint density at radius 2 is 2.10 bits per heavy atom. The van der Waals surface area contributed by atoms with Gasteiger partial charge in [-0.3, -0.25) is 14.9 Å². The molecule has 10 heteroatoms. The summed E-state index contributed by atoms with van der Waals surface area (Å²) in [6, 6.07) is 1.23. The van der Waals surface area contributed by atoms with Crippen LogP contribution in [0.1, 0.15) is 20.7 Å². The van der Waals surface area contributed by atoms with Crippen LogP contribution in [0.4, 0.5) is 10.1 Å². The van der Waals surface area contributed by atoms with Crippen LogP contribution in [0.2, 0.25) is 0 Å². The van der Waals surface area contributed by atoms with Crippen LogP contribution >= 0.6 is 0 Å². The van der Waals surface area contributed by atoms with E-state index < -0.39 is 33.9 Å². The maximum Gasteiger partial charge on any atom is 0.338 e. The van der Waals surface area contributed by atoms with Gasteiger partial charge in [-0.15, -0.1) is 0 Å². The third-order valence-corrected chi connectivity index (χ3v) is 2.61. The Morgan fingerprint density at radius 3 is 2.57 bits per heavy atom. The quantitative estimate of drug-likeness (QED) is 0.628. The van der Waals surface area contributed by atoms with Crippen molar-refractivity contribution in [2.45, 2.75) is 0 Å². The second-order valence-electron chi connectivity index (χ2n) is 3.92. The van der Waals surface area contributed by atoms with Crippen LogP contribution in [0, 0.1) is 15.9 Å². The zero-order valence-corrected chi connectivity index (χ0v) is 10.2. The summed E-state index contributed by atoms with van der Waals surface area (Å²) in [4.78, 5) is 31.8. The van der Waals surface area contributed by atoms with E-state index in [-0.39, 0.29) is 11.3 Å². The Kier molecular flexibility index (Phi) is 3.36. The lowest BCUT2D eigenvalue weighted by atomic mass is 10.1. The number of benzene rings is 1. The number of nitro groups is 1. The number of nitrogens with zero attached hydrogens (tertiary/aromatic N) is 3. The Bertz CT molecular complexity index is 770. The highest BCUT2D eigenvalue weighted by atomic mass is 19.1. The number of nitro benzene ring substituents is 1. The van der Waals surface area contributed by atoms with Gasteiger partial charge in [-0.1, -0.05) is 0 Å². The monoisotopic (exact) mass is 294 g/mol. The first-order chi connectivity index (χ1) is 9.81. The van der Waals surface area contributed by atoms with Gasteiger partial charge in [0, 0.05) is 18.3 Å². The molecule has 1 aromatic carbocycles. The van der Waals surface area contributed by atoms with E-state index in [1.807, 2.05) is 0 Å². The summed E-state index contributed by atoms with van der Waals surface area (Å²) < 4.78 is 14.5. The van der Waals surface area contributed by atoms with Crippen molar-refractivity contribution >= 4 is 17.6 Å². The molecular formula is C11H7FN4O5. The minimum absolute atomic E-state index is 0.0352. The third kappa shape index (κ3) is 2.54. The summed E-state index contributed by atoms with van der Waals surface area (Å²) in [7, 11) is 0. The Morgan fingerprint density at radius 1 is 1.43 bits per heavy atom. The highest BCUT2D eigenvalue weighted by molar-refractivity contribution is 5.92. The molecule has 108 valence electrons. The van der Waals surface area contributed by atoms with E-state index in [4.69, 9.17) is 10.8 Å². The summed E-state index contributed by atoms with van der Waals surface area (Å²) in [6.45, 7) is 0. The average Bonchev–Trinajstić information content (AvgIpc) is 2.87. The molecule has 0 unspecified atom stereocenters. The van der Waals surface area contributed by atoms with Crippen molar-refractivity contribution in [1.29, 1.82) is 0 Å². The van der Waals surface area contributed by atoms with Crippen LogP contribution < -0.4 is 5.73 Å². The fourth-order valence-corrected chi connectivity index (χ4v) is 1.63. The van der Waals surface area contributed by atoms with E-state index >= 15 is 0 Å². The van der Waals surface area contributed by atoms with Crippen molar-refractivity contribution in [2.24, 2.45) is 5.73 Å². The minimum Gasteiger partial charge on any atom is -0.478 e. The van der Waals surface area contributed by atoms with Crippen molar-refractivity contribution in [2.75, 3.05) is 0 Å². The lowest BCUT2D eigenvalue weighted by molar-refractivity contribution is -0.384. The molecule has 0 aliphatic rings. The molecule has 0 saturated carbocycles. The van der Waals surface area contributed by atoms with Gasteiger partial charge in [0.15, 0.2) is 0 Å². The normalized spacial score (nSPS) is 10.3. The molecule has 0 spiro atoms. The van der Waals surface area contributed by atoms with Crippen LogP contribution in [-0.2, 0) is 0 Å². The molecule has 1 aromatic heterocycles. The largest absolute Gasteiger partial charge is 0.478 e. The van der Waals surface area contributed by atoms with Crippen molar-refractivity contribution in [1.82, 2.24) is 9.78 Å². The van der Waals surface area contributed by atoms with Crippen LogP contribution in [0.5, 0.6) is 0 Å². The molecule has 9 nitrogen and oxygen atoms in total. The smallest absolute Gasteiger partial charge is 0.338 e. The van der Waals surface area contributed by atoms with Crippen molar-refractivity contribution in [3.8, 4) is 5.69 Å². The number of carbonyl (C=O) groups is 2. The van der Waals surface area contributed by atoms with Crippen molar-refractivity contribution in [3.63, 3.8) is 0 Å². The van der Waals surface area contributed by atoms with E-state index in [1.54, 1.807) is 0 Å². The van der Waals surface area contributed by atoms with Crippen LogP contribution in [0.3, 0.4) is 0 Å². The first kappa shape index (κ1) is 14.1. The molecule has 2 rings (SSSR count). The van der Waals surface area contributed by atoms with Gasteiger partial charge in [-0.25, -0.2) is 13.9 Å². The zero-order chi connectivity index (χ0) is 15.7. The van der Waals surface area contributed by atoms with Crippen molar-refractivity contribution < 1.29 is 24.0 Å². The van der Waals surface area contributed by atoms with Crippen molar-refractivity contribution in [3.05, 3.63) is 51.6 Å². The maximum absolute atomic E-state index is 13.7. The Hall–Kier alpha value is -3.30. The van der Waals surface area contributed by atoms with Gasteiger partial charge >= 0.3 is 5.97 Å². The molecule has 3 N–H and O–H groups in total. The number of hydrogen-bond acceptors (Lipinski definition) is 5. The molecule has 0 bridgehead atoms. The molecule has 1 amide bonds. The molecule has 2 aromatic rings. The molecule has 0 radical (unpaired) electrons. The fourth-order valence-electron chi connectivity index (χ4n) is 1.63. The van der Waals surface area contributed by atoms with Crippen LogP contribution in [0.15, 0.2) is 24.5 Å². The predicted molar refractivity (Wildman–Crippen MR) is 65.7 cm³/mol. The number of carboxylic acid groups (broad SMARTS) is 1. The molecule has 1 heterocycles. The summed E-state index contributed by atoms with van der Waals surface area (Å²) in [5, 5.41) is 23.4. The van der Waals surface area contributed by atoms with E-state index in [0.717, 1.165) is 17.1 Å². The Labute approximate surface area is 115 Å². The zero-order valence-electron chi connectivity index (χ0n) is 10.2. The topological polar surface area (TPSA) is 141 Å². The summed E-state index contributed by atoms with van der Waals surface area (Å²) in [6.07, 6.45) is 2.12. The second kappa shape index (κ2) is 5.00. The molecule has 0 atom stereocenters. The molecule has 21 heavy (non-hydrogen) atoms. The van der Waals surface area contributed by atoms with E-state index in [2.05, 4.69) is 5.10 Å². The number of hydrogen-bond donors (Lipinski definition) is 2. The van der Waals surface area contributed by atoms with Gasteiger partial charge < -0.3 is 10.8 Å². The molecular weight excluding hydrogens is 287 g/mol. The van der Waals surface area contributed by atoms with Crippen LogP contribution in [0.25, 0.3) is 5.69 Å². The highest BCUT2D eigenvalue weighted by Gasteiger charge is 2.23. The average molecular weight is 294 g/mol. The van der Waals surface area contributed by atoms with E-state index in [1.165, 1.54) is 0 Å². The number of primary amides is 1. The number of aromatic carboxylic acids is 1. The van der Waals surface area contributed by atoms with Gasteiger partial charge in [-0.2, -0.15) is 5.10 Å². The second-order valence-corrected chi connectivity index (χ2v) is 3.92. The van der Waals surface area contributed by atoms with Gasteiger partial charge in [0.25, 0.3) is 11.6 Å². The lowest BCUT2D eigenvalue weighted by Gasteiger charge is -2.05. The maximum atomic E-state index is 13.7. The van der Waals surface area contributed by atoms with E-state index in [9.17, 15) is 24.1 Å². The number of carboxylic acids is 1. The molecule has 0 saturated heterocycles. The number of amides is 1. The predicted octanol–water partition coefficient (Wildman–Crippen LogP) is 0.717. The number of carbonyl (C=O) groups excluding carboxylic acids is 1. The van der Waals surface area contributed by atoms with Gasteiger partial charge in [0.1, 0.15) is 17.1 Å². The summed E-state index contributed by atoms with van der Waals surface area (Å²) >= 11 is 0. The SMILES string of the molecule is NC(=O)c1cnn(-c2cc(F)c(C(=O)O)cc2[N+](=O)[O-])c1. The summed E-state index contributed by atoms with van der Waals surface area (Å²) in [5.41, 5.74) is 3.15. The lowest BCUT2D eigenvalue weighted by Crippen LogP contribution is -2.10. The number of rotatable bonds is 4. The highest BCUT2D eigenvalue weighted by Crippen LogP contribution is 2.26. The van der Waals surface area contributed by atoms with Crippen LogP contribution in [-0.4, -0.2) is 31.7 Å². The standard InChI is InChI=1S/C11H7FN4O5/c12-7-2-8(15-4-5(3-14-15)10(13)17)9(16(20)21)1-6(7)11(18)19/h1-4H,(H2,13,17)(H,18,19). The van der Waals surface area contributed by atoms with Gasteiger partial charge in [0.05, 0.1) is 16.7 Å². The third-order valence-electron chi connectivity index (χ3n) is 2.61. The number of halogens is 1.